The molecule has 2 aromatic rings. The number of aromatic carboxylic acids is 1. The average molecular weight is 484 g/mol. The van der Waals surface area contributed by atoms with Crippen molar-refractivity contribution in [3.8, 4) is 5.75 Å². The summed E-state index contributed by atoms with van der Waals surface area (Å²) in [4.78, 5) is 40.6. The van der Waals surface area contributed by atoms with E-state index in [1.54, 1.807) is 4.90 Å². The molecule has 1 fully saturated rings. The summed E-state index contributed by atoms with van der Waals surface area (Å²) in [6, 6.07) is 7.96. The first-order valence-corrected chi connectivity index (χ1v) is 12.8. The van der Waals surface area contributed by atoms with Crippen molar-refractivity contribution in [3.05, 3.63) is 57.5 Å². The van der Waals surface area contributed by atoms with Crippen LogP contribution in [0.15, 0.2) is 40.2 Å². The largest absolute Gasteiger partial charge is 0.502 e. The Hall–Kier alpha value is -2.94. The Labute approximate surface area is 202 Å². The molecule has 0 spiro atoms. The molecule has 2 aliphatic heterocycles. The van der Waals surface area contributed by atoms with Crippen molar-refractivity contribution in [1.29, 1.82) is 0 Å². The summed E-state index contributed by atoms with van der Waals surface area (Å²) in [7, 11) is 0. The fourth-order valence-corrected chi connectivity index (χ4v) is 7.05. The number of hydrogen-bond acceptors (Lipinski definition) is 6. The van der Waals surface area contributed by atoms with Gasteiger partial charge in [-0.3, -0.25) is 19.3 Å². The molecule has 1 aromatic heterocycles. The maximum absolute atomic E-state index is 13.4. The van der Waals surface area contributed by atoms with Crippen LogP contribution in [0.2, 0.25) is 0 Å². The van der Waals surface area contributed by atoms with Gasteiger partial charge in [-0.1, -0.05) is 31.0 Å². The van der Waals surface area contributed by atoms with Crippen molar-refractivity contribution in [3.63, 3.8) is 0 Å². The van der Waals surface area contributed by atoms with Crippen LogP contribution in [-0.2, 0) is 0 Å². The quantitative estimate of drug-likeness (QED) is 0.687. The topological polar surface area (TPSA) is 103 Å². The van der Waals surface area contributed by atoms with Crippen molar-refractivity contribution in [1.82, 2.24) is 9.58 Å². The molecule has 1 saturated carbocycles. The molecule has 3 atom stereocenters. The predicted molar refractivity (Wildman–Crippen MR) is 129 cm³/mol. The van der Waals surface area contributed by atoms with E-state index < -0.39 is 28.6 Å². The standard InChI is InChI=1S/C25H29N3O5S/c1-14(2)26-13-28(27-11-18(25(32)33)22(29)23(30)21(27)24(26)31)20-16-8-4-3-7-15(16)12-34-19-10-6-5-9-17(19)20/h5-6,9-11,14-16,20,30H,3-4,7-8,12-13H2,1-2H3,(H,32,33)/t15-,16?,20?/m1/s1. The van der Waals surface area contributed by atoms with E-state index >= 15 is 0 Å². The third-order valence-electron chi connectivity index (χ3n) is 7.44. The summed E-state index contributed by atoms with van der Waals surface area (Å²) in [6.45, 7) is 4.03. The number of hydrogen-bond donors (Lipinski definition) is 2. The summed E-state index contributed by atoms with van der Waals surface area (Å²) >= 11 is 1.86. The number of benzene rings is 1. The Balaban J connectivity index is 1.77. The predicted octanol–water partition coefficient (Wildman–Crippen LogP) is 3.67. The molecule has 0 saturated heterocycles. The van der Waals surface area contributed by atoms with Crippen LogP contribution in [0.4, 0.5) is 0 Å². The molecule has 34 heavy (non-hydrogen) atoms. The number of carboxylic acids is 1. The second-order valence-corrected chi connectivity index (χ2v) is 10.7. The summed E-state index contributed by atoms with van der Waals surface area (Å²) in [6.07, 6.45) is 5.69. The Kier molecular flexibility index (Phi) is 5.83. The van der Waals surface area contributed by atoms with Crippen LogP contribution in [0.3, 0.4) is 0 Å². The SMILES string of the molecule is CC(C)N1CN(C2c3ccccc3SC[C@H]3CCCCC23)n2cc(C(=O)O)c(=O)c(O)c2C1=O. The lowest BCUT2D eigenvalue weighted by Crippen LogP contribution is -2.58. The normalized spacial score (nSPS) is 24.3. The highest BCUT2D eigenvalue weighted by molar-refractivity contribution is 7.99. The molecule has 8 nitrogen and oxygen atoms in total. The fraction of sp³-hybridized carbons (Fsp3) is 0.480. The van der Waals surface area contributed by atoms with Crippen LogP contribution in [0, 0.1) is 11.8 Å². The first-order valence-electron chi connectivity index (χ1n) is 11.8. The van der Waals surface area contributed by atoms with Gasteiger partial charge in [0.2, 0.25) is 5.43 Å². The van der Waals surface area contributed by atoms with Crippen molar-refractivity contribution >= 4 is 23.6 Å². The Morgan fingerprint density at radius 2 is 1.88 bits per heavy atom. The van der Waals surface area contributed by atoms with Crippen molar-refractivity contribution < 1.29 is 19.8 Å². The second kappa shape index (κ2) is 8.69. The number of carboxylic acid groups (broad SMARTS) is 1. The van der Waals surface area contributed by atoms with E-state index in [4.69, 9.17) is 0 Å². The monoisotopic (exact) mass is 483 g/mol. The van der Waals surface area contributed by atoms with Crippen molar-refractivity contribution in [2.75, 3.05) is 17.4 Å². The van der Waals surface area contributed by atoms with Crippen LogP contribution in [0.25, 0.3) is 0 Å². The maximum Gasteiger partial charge on any atom is 0.341 e. The summed E-state index contributed by atoms with van der Waals surface area (Å²) in [5, 5.41) is 22.4. The van der Waals surface area contributed by atoms with Crippen LogP contribution in [-0.4, -0.2) is 50.1 Å². The lowest BCUT2D eigenvalue weighted by molar-refractivity contribution is 0.0580. The average Bonchev–Trinajstić information content (AvgIpc) is 2.98. The van der Waals surface area contributed by atoms with Crippen molar-refractivity contribution in [2.45, 2.75) is 56.5 Å². The number of nitrogens with zero attached hydrogens (tertiary/aromatic N) is 3. The molecule has 180 valence electrons. The van der Waals surface area contributed by atoms with Gasteiger partial charge in [0.1, 0.15) is 12.2 Å². The molecular formula is C25H29N3O5S. The minimum atomic E-state index is -1.43. The fourth-order valence-electron chi connectivity index (χ4n) is 5.71. The van der Waals surface area contributed by atoms with E-state index in [-0.39, 0.29) is 24.4 Å². The van der Waals surface area contributed by atoms with Gasteiger partial charge < -0.3 is 15.1 Å². The number of aromatic hydroxyl groups is 1. The third-order valence-corrected chi connectivity index (χ3v) is 8.72. The van der Waals surface area contributed by atoms with E-state index in [9.17, 15) is 24.6 Å². The minimum Gasteiger partial charge on any atom is -0.502 e. The van der Waals surface area contributed by atoms with Gasteiger partial charge in [0.05, 0.1) is 6.04 Å². The zero-order chi connectivity index (χ0) is 24.1. The van der Waals surface area contributed by atoms with Gasteiger partial charge in [0.15, 0.2) is 11.4 Å². The number of amides is 1. The number of fused-ring (bicyclic) bond motifs is 3. The summed E-state index contributed by atoms with van der Waals surface area (Å²) in [5.74, 6) is -0.916. The van der Waals surface area contributed by atoms with Gasteiger partial charge in [0.25, 0.3) is 5.91 Å². The number of carbonyl (C=O) groups is 2. The van der Waals surface area contributed by atoms with Gasteiger partial charge in [-0.15, -0.1) is 11.8 Å². The Bertz CT molecular complexity index is 1210. The molecule has 5 rings (SSSR count). The maximum atomic E-state index is 13.4. The molecule has 2 N–H and O–H groups in total. The number of aromatic nitrogens is 1. The van der Waals surface area contributed by atoms with Gasteiger partial charge in [-0.2, -0.15) is 0 Å². The molecular weight excluding hydrogens is 454 g/mol. The van der Waals surface area contributed by atoms with Crippen LogP contribution < -0.4 is 10.4 Å². The molecule has 9 heteroatoms. The number of carbonyl (C=O) groups excluding carboxylic acids is 1. The Morgan fingerprint density at radius 3 is 2.62 bits per heavy atom. The summed E-state index contributed by atoms with van der Waals surface area (Å²) in [5.41, 5.74) is -0.615. The zero-order valence-electron chi connectivity index (χ0n) is 19.3. The molecule has 0 bridgehead atoms. The molecule has 0 radical (unpaired) electrons. The molecule has 3 aliphatic rings. The lowest BCUT2D eigenvalue weighted by Gasteiger charge is -2.49. The lowest BCUT2D eigenvalue weighted by atomic mass is 9.74. The number of pyridine rings is 1. The third kappa shape index (κ3) is 3.57. The molecule has 1 amide bonds. The van der Waals surface area contributed by atoms with E-state index in [0.717, 1.165) is 30.6 Å². The highest BCUT2D eigenvalue weighted by atomic mass is 32.2. The van der Waals surface area contributed by atoms with E-state index in [0.29, 0.717) is 11.8 Å². The number of thioether (sulfide) groups is 1. The Morgan fingerprint density at radius 1 is 1.15 bits per heavy atom. The van der Waals surface area contributed by atoms with Gasteiger partial charge in [-0.25, -0.2) is 4.79 Å². The summed E-state index contributed by atoms with van der Waals surface area (Å²) < 4.78 is 1.45. The highest BCUT2D eigenvalue weighted by Crippen LogP contribution is 2.49. The van der Waals surface area contributed by atoms with E-state index in [2.05, 4.69) is 12.1 Å². The zero-order valence-corrected chi connectivity index (χ0v) is 20.1. The van der Waals surface area contributed by atoms with Crippen LogP contribution >= 0.6 is 11.8 Å². The molecule has 1 aliphatic carbocycles. The first-order chi connectivity index (χ1) is 16.3. The van der Waals surface area contributed by atoms with Crippen LogP contribution in [0.1, 0.15) is 72.0 Å². The highest BCUT2D eigenvalue weighted by Gasteiger charge is 2.44. The van der Waals surface area contributed by atoms with Crippen molar-refractivity contribution in [2.24, 2.45) is 11.8 Å². The molecule has 2 unspecified atom stereocenters. The number of rotatable bonds is 3. The van der Waals surface area contributed by atoms with Gasteiger partial charge >= 0.3 is 5.97 Å². The molecule has 1 aromatic carbocycles. The van der Waals surface area contributed by atoms with E-state index in [1.165, 1.54) is 22.2 Å². The van der Waals surface area contributed by atoms with E-state index in [1.807, 2.05) is 42.8 Å². The van der Waals surface area contributed by atoms with Gasteiger partial charge in [0, 0.05) is 22.9 Å². The minimum absolute atomic E-state index is 0.131. The van der Waals surface area contributed by atoms with Crippen LogP contribution in [0.5, 0.6) is 5.75 Å². The smallest absolute Gasteiger partial charge is 0.341 e. The molecule has 3 heterocycles. The first kappa shape index (κ1) is 22.8. The second-order valence-electron chi connectivity index (χ2n) is 9.67. The van der Waals surface area contributed by atoms with Gasteiger partial charge in [-0.05, 0) is 50.2 Å².